The van der Waals surface area contributed by atoms with Gasteiger partial charge in [0.25, 0.3) is 0 Å². The van der Waals surface area contributed by atoms with Crippen LogP contribution in [0.25, 0.3) is 0 Å². The molecule has 0 radical (unpaired) electrons. The molecule has 0 saturated carbocycles. The highest BCUT2D eigenvalue weighted by Gasteiger charge is 2.37. The van der Waals surface area contributed by atoms with Crippen molar-refractivity contribution < 1.29 is 23.9 Å². The number of carbonyl (C=O) groups excluding carboxylic acids is 3. The first-order valence-corrected chi connectivity index (χ1v) is 8.49. The first kappa shape index (κ1) is 18.4. The minimum Gasteiger partial charge on any atom is -0.497 e. The van der Waals surface area contributed by atoms with Crippen molar-refractivity contribution in [2.75, 3.05) is 24.4 Å². The molecular formula is C20H20N2O5. The van der Waals surface area contributed by atoms with Gasteiger partial charge in [0, 0.05) is 17.8 Å². The molecule has 1 aliphatic heterocycles. The van der Waals surface area contributed by atoms with Crippen LogP contribution in [0.2, 0.25) is 0 Å². The SMILES string of the molecule is COC(=O)c1cccc(NC(=O)C2CCC(=O)N2c2ccc(OC)cc2)c1. The standard InChI is InChI=1S/C20H20N2O5/c1-26-16-8-6-15(7-9-16)22-17(10-11-18(22)23)19(24)21-14-5-3-4-13(12-14)20(25)27-2/h3-9,12,17H,10-11H2,1-2H3,(H,21,24). The number of ether oxygens (including phenoxy) is 2. The molecule has 0 spiro atoms. The molecule has 3 rings (SSSR count). The Kier molecular flexibility index (Phi) is 5.40. The summed E-state index contributed by atoms with van der Waals surface area (Å²) < 4.78 is 9.82. The number of esters is 1. The lowest BCUT2D eigenvalue weighted by Crippen LogP contribution is -2.41. The van der Waals surface area contributed by atoms with Crippen molar-refractivity contribution in [2.45, 2.75) is 18.9 Å². The van der Waals surface area contributed by atoms with Gasteiger partial charge in [-0.3, -0.25) is 14.5 Å². The minimum atomic E-state index is -0.618. The highest BCUT2D eigenvalue weighted by Crippen LogP contribution is 2.29. The minimum absolute atomic E-state index is 0.108. The topological polar surface area (TPSA) is 84.9 Å². The van der Waals surface area contributed by atoms with Gasteiger partial charge in [0.1, 0.15) is 11.8 Å². The third kappa shape index (κ3) is 3.92. The molecule has 1 aliphatic rings. The van der Waals surface area contributed by atoms with Crippen LogP contribution in [0.15, 0.2) is 48.5 Å². The van der Waals surface area contributed by atoms with Crippen LogP contribution in [0.3, 0.4) is 0 Å². The predicted molar refractivity (Wildman–Crippen MR) is 99.9 cm³/mol. The molecule has 0 aliphatic carbocycles. The Balaban J connectivity index is 1.78. The van der Waals surface area contributed by atoms with Crippen LogP contribution in [0, 0.1) is 0 Å². The van der Waals surface area contributed by atoms with Crippen LogP contribution in [0.1, 0.15) is 23.2 Å². The first-order valence-electron chi connectivity index (χ1n) is 8.49. The van der Waals surface area contributed by atoms with E-state index in [4.69, 9.17) is 4.74 Å². The van der Waals surface area contributed by atoms with Gasteiger partial charge in [0.15, 0.2) is 0 Å². The molecule has 140 valence electrons. The Bertz CT molecular complexity index is 863. The van der Waals surface area contributed by atoms with Gasteiger partial charge in [0.2, 0.25) is 11.8 Å². The summed E-state index contributed by atoms with van der Waals surface area (Å²) in [5.41, 5.74) is 1.45. The summed E-state index contributed by atoms with van der Waals surface area (Å²) in [5.74, 6) is -0.227. The van der Waals surface area contributed by atoms with E-state index >= 15 is 0 Å². The van der Waals surface area contributed by atoms with Crippen molar-refractivity contribution in [3.05, 3.63) is 54.1 Å². The Hall–Kier alpha value is -3.35. The normalized spacial score (nSPS) is 16.1. The summed E-state index contributed by atoms with van der Waals surface area (Å²) in [7, 11) is 2.86. The van der Waals surface area contributed by atoms with E-state index in [2.05, 4.69) is 10.1 Å². The smallest absolute Gasteiger partial charge is 0.337 e. The Morgan fingerprint density at radius 2 is 1.85 bits per heavy atom. The van der Waals surface area contributed by atoms with Gasteiger partial charge in [-0.25, -0.2) is 4.79 Å². The lowest BCUT2D eigenvalue weighted by atomic mass is 10.1. The van der Waals surface area contributed by atoms with Gasteiger partial charge in [-0.15, -0.1) is 0 Å². The zero-order valence-corrected chi connectivity index (χ0v) is 15.1. The second kappa shape index (κ2) is 7.90. The molecule has 0 bridgehead atoms. The van der Waals surface area contributed by atoms with Gasteiger partial charge < -0.3 is 14.8 Å². The van der Waals surface area contributed by atoms with Gasteiger partial charge in [-0.2, -0.15) is 0 Å². The van der Waals surface area contributed by atoms with Crippen LogP contribution in [0.4, 0.5) is 11.4 Å². The van der Waals surface area contributed by atoms with Gasteiger partial charge in [-0.1, -0.05) is 6.07 Å². The van der Waals surface area contributed by atoms with Crippen LogP contribution in [-0.4, -0.2) is 38.0 Å². The molecule has 1 heterocycles. The number of rotatable bonds is 5. The molecule has 1 fully saturated rings. The molecule has 2 aromatic carbocycles. The van der Waals surface area contributed by atoms with Crippen LogP contribution in [0.5, 0.6) is 5.75 Å². The quantitative estimate of drug-likeness (QED) is 0.820. The van der Waals surface area contributed by atoms with E-state index in [9.17, 15) is 14.4 Å². The van der Waals surface area contributed by atoms with Crippen LogP contribution in [-0.2, 0) is 14.3 Å². The summed E-state index contributed by atoms with van der Waals surface area (Å²) in [6.07, 6.45) is 0.722. The summed E-state index contributed by atoms with van der Waals surface area (Å²) in [6.45, 7) is 0. The van der Waals surface area contributed by atoms with E-state index in [1.54, 1.807) is 49.6 Å². The first-order chi connectivity index (χ1) is 13.0. The number of benzene rings is 2. The zero-order chi connectivity index (χ0) is 19.4. The molecule has 1 saturated heterocycles. The highest BCUT2D eigenvalue weighted by molar-refractivity contribution is 6.07. The van der Waals surface area contributed by atoms with Gasteiger partial charge >= 0.3 is 5.97 Å². The average Bonchev–Trinajstić information content (AvgIpc) is 3.09. The van der Waals surface area contributed by atoms with Crippen LogP contribution < -0.4 is 15.0 Å². The van der Waals surface area contributed by atoms with E-state index in [0.29, 0.717) is 35.5 Å². The summed E-state index contributed by atoms with van der Waals surface area (Å²) in [5, 5.41) is 2.78. The molecule has 7 nitrogen and oxygen atoms in total. The Morgan fingerprint density at radius 3 is 2.52 bits per heavy atom. The molecule has 0 aromatic heterocycles. The summed E-state index contributed by atoms with van der Waals surface area (Å²) in [6, 6.07) is 12.9. The van der Waals surface area contributed by atoms with E-state index in [1.165, 1.54) is 18.1 Å². The Labute approximate surface area is 156 Å². The second-order valence-electron chi connectivity index (χ2n) is 6.08. The molecule has 1 unspecified atom stereocenters. The zero-order valence-electron chi connectivity index (χ0n) is 15.1. The molecule has 2 amide bonds. The molecule has 7 heteroatoms. The average molecular weight is 368 g/mol. The fourth-order valence-corrected chi connectivity index (χ4v) is 3.07. The number of hydrogen-bond donors (Lipinski definition) is 1. The van der Waals surface area contributed by atoms with Crippen molar-refractivity contribution in [1.29, 1.82) is 0 Å². The summed E-state index contributed by atoms with van der Waals surface area (Å²) in [4.78, 5) is 38.2. The van der Waals surface area contributed by atoms with Crippen molar-refractivity contribution in [3.8, 4) is 5.75 Å². The third-order valence-corrected chi connectivity index (χ3v) is 4.42. The van der Waals surface area contributed by atoms with Crippen molar-refractivity contribution in [1.82, 2.24) is 0 Å². The maximum absolute atomic E-state index is 12.8. The third-order valence-electron chi connectivity index (χ3n) is 4.42. The predicted octanol–water partition coefficient (Wildman–Crippen LogP) is 2.62. The van der Waals surface area contributed by atoms with E-state index in [1.807, 2.05) is 0 Å². The molecular weight excluding hydrogens is 348 g/mol. The Morgan fingerprint density at radius 1 is 1.11 bits per heavy atom. The number of nitrogens with one attached hydrogen (secondary N) is 1. The van der Waals surface area contributed by atoms with Gasteiger partial charge in [-0.05, 0) is 48.9 Å². The van der Waals surface area contributed by atoms with Crippen molar-refractivity contribution in [2.24, 2.45) is 0 Å². The second-order valence-corrected chi connectivity index (χ2v) is 6.08. The molecule has 1 N–H and O–H groups in total. The lowest BCUT2D eigenvalue weighted by molar-refractivity contribution is -0.120. The molecule has 27 heavy (non-hydrogen) atoms. The van der Waals surface area contributed by atoms with Gasteiger partial charge in [0.05, 0.1) is 19.8 Å². The van der Waals surface area contributed by atoms with Crippen molar-refractivity contribution in [3.63, 3.8) is 0 Å². The van der Waals surface area contributed by atoms with Crippen molar-refractivity contribution >= 4 is 29.2 Å². The number of amides is 2. The fourth-order valence-electron chi connectivity index (χ4n) is 3.07. The number of methoxy groups -OCH3 is 2. The monoisotopic (exact) mass is 368 g/mol. The largest absolute Gasteiger partial charge is 0.497 e. The molecule has 1 atom stereocenters. The fraction of sp³-hybridized carbons (Fsp3) is 0.250. The van der Waals surface area contributed by atoms with E-state index < -0.39 is 12.0 Å². The molecule has 2 aromatic rings. The number of carbonyl (C=O) groups is 3. The highest BCUT2D eigenvalue weighted by atomic mass is 16.5. The number of nitrogens with zero attached hydrogens (tertiary/aromatic N) is 1. The number of anilines is 2. The van der Waals surface area contributed by atoms with E-state index in [0.717, 1.165) is 0 Å². The van der Waals surface area contributed by atoms with E-state index in [-0.39, 0.29) is 11.8 Å². The van der Waals surface area contributed by atoms with Crippen LogP contribution >= 0.6 is 0 Å². The maximum Gasteiger partial charge on any atom is 0.337 e. The maximum atomic E-state index is 12.8. The number of hydrogen-bond acceptors (Lipinski definition) is 5. The summed E-state index contributed by atoms with van der Waals surface area (Å²) >= 11 is 0. The lowest BCUT2D eigenvalue weighted by Gasteiger charge is -2.24.